The Labute approximate surface area is 117 Å². The fourth-order valence-corrected chi connectivity index (χ4v) is 3.40. The van der Waals surface area contributed by atoms with Gasteiger partial charge in [0.15, 0.2) is 0 Å². The third-order valence-corrected chi connectivity index (χ3v) is 4.56. The molecule has 3 N–H and O–H groups in total. The molecule has 0 bridgehead atoms. The van der Waals surface area contributed by atoms with E-state index in [1.807, 2.05) is 0 Å². The van der Waals surface area contributed by atoms with Crippen molar-refractivity contribution in [2.75, 3.05) is 0 Å². The summed E-state index contributed by atoms with van der Waals surface area (Å²) in [6, 6.07) is 0.242. The molecule has 18 heavy (non-hydrogen) atoms. The normalized spacial score (nSPS) is 30.6. The van der Waals surface area contributed by atoms with Gasteiger partial charge in [0.2, 0.25) is 5.91 Å². The highest BCUT2D eigenvalue weighted by Crippen LogP contribution is 2.30. The Morgan fingerprint density at radius 1 is 1.22 bits per heavy atom. The van der Waals surface area contributed by atoms with Crippen LogP contribution in [0.2, 0.25) is 0 Å². The first-order valence-corrected chi connectivity index (χ1v) is 7.16. The number of nitrogens with one attached hydrogen (secondary N) is 1. The SMILES string of the molecule is CC1(NC(=O)CC2CCCCC2N)CCCC1.Cl. The number of nitrogens with two attached hydrogens (primary N) is 1. The Bertz CT molecular complexity index is 277. The maximum atomic E-state index is 12.1. The van der Waals surface area contributed by atoms with E-state index in [0.29, 0.717) is 12.3 Å². The monoisotopic (exact) mass is 274 g/mol. The molecule has 2 aliphatic carbocycles. The summed E-state index contributed by atoms with van der Waals surface area (Å²) in [5.41, 5.74) is 6.15. The molecule has 2 saturated carbocycles. The number of rotatable bonds is 3. The largest absolute Gasteiger partial charge is 0.351 e. The number of hydrogen-bond acceptors (Lipinski definition) is 2. The first-order valence-electron chi connectivity index (χ1n) is 7.16. The molecular weight excluding hydrogens is 248 g/mol. The molecule has 0 aromatic carbocycles. The summed E-state index contributed by atoms with van der Waals surface area (Å²) in [7, 11) is 0. The predicted molar refractivity (Wildman–Crippen MR) is 76.8 cm³/mol. The fourth-order valence-electron chi connectivity index (χ4n) is 3.40. The Hall–Kier alpha value is -0.280. The van der Waals surface area contributed by atoms with Gasteiger partial charge in [-0.05, 0) is 38.5 Å². The number of amides is 1. The molecule has 0 aromatic heterocycles. The smallest absolute Gasteiger partial charge is 0.220 e. The number of carbonyl (C=O) groups excluding carboxylic acids is 1. The van der Waals surface area contributed by atoms with Gasteiger partial charge in [-0.1, -0.05) is 25.7 Å². The minimum Gasteiger partial charge on any atom is -0.351 e. The van der Waals surface area contributed by atoms with Crippen LogP contribution in [0.1, 0.15) is 64.7 Å². The van der Waals surface area contributed by atoms with Crippen molar-refractivity contribution >= 4 is 18.3 Å². The van der Waals surface area contributed by atoms with Gasteiger partial charge in [0.25, 0.3) is 0 Å². The molecule has 0 saturated heterocycles. The van der Waals surface area contributed by atoms with Crippen LogP contribution in [0.25, 0.3) is 0 Å². The number of carbonyl (C=O) groups is 1. The second-order valence-electron chi connectivity index (χ2n) is 6.23. The minimum absolute atomic E-state index is 0. The average Bonchev–Trinajstić information content (AvgIpc) is 2.68. The van der Waals surface area contributed by atoms with E-state index >= 15 is 0 Å². The van der Waals surface area contributed by atoms with E-state index in [1.165, 1.54) is 25.7 Å². The lowest BCUT2D eigenvalue weighted by molar-refractivity contribution is -0.124. The zero-order valence-electron chi connectivity index (χ0n) is 11.4. The molecule has 4 heteroatoms. The number of halogens is 1. The second kappa shape index (κ2) is 6.76. The molecule has 0 aromatic rings. The maximum absolute atomic E-state index is 12.1. The van der Waals surface area contributed by atoms with Gasteiger partial charge >= 0.3 is 0 Å². The topological polar surface area (TPSA) is 55.1 Å². The van der Waals surface area contributed by atoms with Crippen LogP contribution < -0.4 is 11.1 Å². The van der Waals surface area contributed by atoms with Crippen molar-refractivity contribution in [2.24, 2.45) is 11.7 Å². The Morgan fingerprint density at radius 2 is 1.83 bits per heavy atom. The van der Waals surface area contributed by atoms with Crippen LogP contribution in [0.15, 0.2) is 0 Å². The quantitative estimate of drug-likeness (QED) is 0.831. The van der Waals surface area contributed by atoms with Crippen LogP contribution in [0.3, 0.4) is 0 Å². The molecule has 1 amide bonds. The van der Waals surface area contributed by atoms with Crippen LogP contribution in [0.5, 0.6) is 0 Å². The van der Waals surface area contributed by atoms with E-state index < -0.39 is 0 Å². The Balaban J connectivity index is 0.00000162. The van der Waals surface area contributed by atoms with Gasteiger partial charge < -0.3 is 11.1 Å². The molecule has 0 heterocycles. The summed E-state index contributed by atoms with van der Waals surface area (Å²) < 4.78 is 0. The highest BCUT2D eigenvalue weighted by atomic mass is 35.5. The maximum Gasteiger partial charge on any atom is 0.220 e. The Kier molecular flexibility index (Phi) is 5.93. The molecule has 0 aliphatic heterocycles. The van der Waals surface area contributed by atoms with E-state index in [9.17, 15) is 4.79 Å². The molecule has 2 atom stereocenters. The van der Waals surface area contributed by atoms with Crippen LogP contribution in [0.4, 0.5) is 0 Å². The molecule has 2 aliphatic rings. The zero-order chi connectivity index (χ0) is 12.3. The van der Waals surface area contributed by atoms with Crippen molar-refractivity contribution in [3.05, 3.63) is 0 Å². The summed E-state index contributed by atoms with van der Waals surface area (Å²) in [5.74, 6) is 0.630. The number of hydrogen-bond donors (Lipinski definition) is 2. The summed E-state index contributed by atoms with van der Waals surface area (Å²) in [5, 5.41) is 3.23. The van der Waals surface area contributed by atoms with Crippen LogP contribution in [-0.4, -0.2) is 17.5 Å². The predicted octanol–water partition coefficient (Wildman–Crippen LogP) is 2.76. The third-order valence-electron chi connectivity index (χ3n) is 4.56. The lowest BCUT2D eigenvalue weighted by Crippen LogP contribution is -2.45. The average molecular weight is 275 g/mol. The van der Waals surface area contributed by atoms with Crippen molar-refractivity contribution < 1.29 is 4.79 Å². The Morgan fingerprint density at radius 3 is 2.44 bits per heavy atom. The van der Waals surface area contributed by atoms with E-state index in [1.54, 1.807) is 0 Å². The van der Waals surface area contributed by atoms with Crippen molar-refractivity contribution in [1.29, 1.82) is 0 Å². The van der Waals surface area contributed by atoms with Crippen LogP contribution in [0, 0.1) is 5.92 Å². The highest BCUT2D eigenvalue weighted by Gasteiger charge is 2.31. The van der Waals surface area contributed by atoms with Crippen LogP contribution >= 0.6 is 12.4 Å². The molecular formula is C14H27ClN2O. The van der Waals surface area contributed by atoms with Gasteiger partial charge in [-0.25, -0.2) is 0 Å². The van der Waals surface area contributed by atoms with E-state index in [2.05, 4.69) is 12.2 Å². The molecule has 106 valence electrons. The standard InChI is InChI=1S/C14H26N2O.ClH/c1-14(8-4-5-9-14)16-13(17)10-11-6-2-3-7-12(11)15;/h11-12H,2-10,15H2,1H3,(H,16,17);1H. The van der Waals surface area contributed by atoms with E-state index in [-0.39, 0.29) is 29.9 Å². The lowest BCUT2D eigenvalue weighted by atomic mass is 9.82. The van der Waals surface area contributed by atoms with Crippen molar-refractivity contribution in [1.82, 2.24) is 5.32 Å². The van der Waals surface area contributed by atoms with Crippen LogP contribution in [-0.2, 0) is 4.79 Å². The molecule has 0 radical (unpaired) electrons. The second-order valence-corrected chi connectivity index (χ2v) is 6.23. The van der Waals surface area contributed by atoms with Crippen molar-refractivity contribution in [3.8, 4) is 0 Å². The summed E-state index contributed by atoms with van der Waals surface area (Å²) in [6.45, 7) is 2.18. The first-order chi connectivity index (χ1) is 8.09. The van der Waals surface area contributed by atoms with Crippen molar-refractivity contribution in [3.63, 3.8) is 0 Å². The van der Waals surface area contributed by atoms with Gasteiger partial charge in [0.05, 0.1) is 0 Å². The van der Waals surface area contributed by atoms with Gasteiger partial charge in [0.1, 0.15) is 0 Å². The fraction of sp³-hybridized carbons (Fsp3) is 0.929. The molecule has 2 rings (SSSR count). The summed E-state index contributed by atoms with van der Waals surface area (Å²) >= 11 is 0. The van der Waals surface area contributed by atoms with Gasteiger partial charge in [-0.2, -0.15) is 0 Å². The first kappa shape index (κ1) is 15.8. The summed E-state index contributed by atoms with van der Waals surface area (Å²) in [6.07, 6.45) is 10.1. The molecule has 0 spiro atoms. The highest BCUT2D eigenvalue weighted by molar-refractivity contribution is 5.85. The third kappa shape index (κ3) is 4.13. The summed E-state index contributed by atoms with van der Waals surface area (Å²) in [4.78, 5) is 12.1. The van der Waals surface area contributed by atoms with E-state index in [4.69, 9.17) is 5.73 Å². The lowest BCUT2D eigenvalue weighted by Gasteiger charge is -2.30. The zero-order valence-corrected chi connectivity index (χ0v) is 12.2. The van der Waals surface area contributed by atoms with Gasteiger partial charge in [0, 0.05) is 18.0 Å². The molecule has 2 fully saturated rings. The molecule has 3 nitrogen and oxygen atoms in total. The van der Waals surface area contributed by atoms with Crippen molar-refractivity contribution in [2.45, 2.75) is 76.3 Å². The molecule has 2 unspecified atom stereocenters. The van der Waals surface area contributed by atoms with Gasteiger partial charge in [-0.3, -0.25) is 4.79 Å². The minimum atomic E-state index is 0. The van der Waals surface area contributed by atoms with Gasteiger partial charge in [-0.15, -0.1) is 12.4 Å². The van der Waals surface area contributed by atoms with E-state index in [0.717, 1.165) is 25.7 Å².